The van der Waals surface area contributed by atoms with Gasteiger partial charge in [0.05, 0.1) is 0 Å². The molecule has 0 bridgehead atoms. The molecule has 0 spiro atoms. The predicted molar refractivity (Wildman–Crippen MR) is 49.5 cm³/mol. The second-order valence-electron chi connectivity index (χ2n) is 2.36. The van der Waals surface area contributed by atoms with Crippen molar-refractivity contribution in [2.45, 2.75) is 12.8 Å². The fraction of sp³-hybridized carbons (Fsp3) is 0.500. The van der Waals surface area contributed by atoms with Gasteiger partial charge in [0.15, 0.2) is 0 Å². The van der Waals surface area contributed by atoms with Crippen molar-refractivity contribution in [2.75, 3.05) is 4.93 Å². The molecule has 2 N–H and O–H groups in total. The van der Waals surface area contributed by atoms with Crippen molar-refractivity contribution < 1.29 is 8.78 Å². The summed E-state index contributed by atoms with van der Waals surface area (Å²) in [5, 5.41) is 7.26. The standard InChI is InChI=1S/C6H9F2IN2/c1-6(7,8)4-3-5(10)9(2)11-4/h3,10-11H,1-2H3. The minimum atomic E-state index is -2.81. The fourth-order valence-electron chi connectivity index (χ4n) is 0.649. The molecule has 0 unspecified atom stereocenters. The van der Waals surface area contributed by atoms with Gasteiger partial charge in [0.25, 0.3) is 0 Å². The molecule has 0 radical (unpaired) electrons. The Labute approximate surface area is 71.3 Å². The number of hydrogen-bond donors (Lipinski definition) is 2. The molecule has 1 heterocycles. The summed E-state index contributed by atoms with van der Waals surface area (Å²) < 4.78 is 28.2. The summed E-state index contributed by atoms with van der Waals surface area (Å²) in [6.07, 6.45) is 1.25. The molecule has 1 aliphatic heterocycles. The van der Waals surface area contributed by atoms with Crippen molar-refractivity contribution in [3.63, 3.8) is 0 Å². The van der Waals surface area contributed by atoms with Crippen LogP contribution in [0.25, 0.3) is 0 Å². The van der Waals surface area contributed by atoms with E-state index in [1.54, 1.807) is 0 Å². The van der Waals surface area contributed by atoms with Crippen molar-refractivity contribution in [3.8, 4) is 0 Å². The molecule has 0 atom stereocenters. The van der Waals surface area contributed by atoms with Crippen molar-refractivity contribution in [3.05, 3.63) is 11.8 Å². The van der Waals surface area contributed by atoms with E-state index in [2.05, 4.69) is 3.53 Å². The molecule has 1 rings (SSSR count). The van der Waals surface area contributed by atoms with Crippen molar-refractivity contribution in [1.82, 2.24) is 3.53 Å². The van der Waals surface area contributed by atoms with E-state index in [1.165, 1.54) is 6.08 Å². The van der Waals surface area contributed by atoms with Crippen LogP contribution in [0.2, 0.25) is 0 Å². The van der Waals surface area contributed by atoms with Crippen LogP contribution in [0.3, 0.4) is 0 Å². The maximum atomic E-state index is 12.6. The molecule has 1 aliphatic rings. The molecule has 11 heavy (non-hydrogen) atoms. The fourth-order valence-corrected chi connectivity index (χ4v) is 3.22. The first-order chi connectivity index (χ1) is 4.91. The van der Waals surface area contributed by atoms with Crippen LogP contribution >= 0.6 is 20.1 Å². The van der Waals surface area contributed by atoms with Crippen LogP contribution in [0.1, 0.15) is 6.92 Å². The van der Waals surface area contributed by atoms with Gasteiger partial charge in [-0.1, -0.05) is 0 Å². The summed E-state index contributed by atoms with van der Waals surface area (Å²) in [5.74, 6) is -2.81. The predicted octanol–water partition coefficient (Wildman–Crippen LogP) is 2.16. The summed E-state index contributed by atoms with van der Waals surface area (Å²) in [4.78, 5) is 1.83. The van der Waals surface area contributed by atoms with Crippen LogP contribution in [0.4, 0.5) is 8.78 Å². The van der Waals surface area contributed by atoms with E-state index >= 15 is 0 Å². The van der Waals surface area contributed by atoms with E-state index in [-0.39, 0.29) is 5.70 Å². The van der Waals surface area contributed by atoms with Crippen LogP contribution in [0.15, 0.2) is 11.8 Å². The zero-order valence-electron chi connectivity index (χ0n) is 6.21. The second kappa shape index (κ2) is 2.69. The Hall–Kier alpha value is -0.200. The summed E-state index contributed by atoms with van der Waals surface area (Å²) in [6, 6.07) is 0. The molecule has 0 aromatic heterocycles. The first-order valence-corrected chi connectivity index (χ1v) is 7.28. The summed E-state index contributed by atoms with van der Waals surface area (Å²) in [5.41, 5.74) is -0.0878. The van der Waals surface area contributed by atoms with Gasteiger partial charge in [0.1, 0.15) is 0 Å². The Balaban J connectivity index is 2.80. The monoisotopic (exact) mass is 274 g/mol. The topological polar surface area (TPSA) is 35.9 Å². The van der Waals surface area contributed by atoms with Gasteiger partial charge < -0.3 is 0 Å². The summed E-state index contributed by atoms with van der Waals surface area (Å²) in [6.45, 7) is 0.842. The Morgan fingerprint density at radius 1 is 1.64 bits per heavy atom. The molecular weight excluding hydrogens is 265 g/mol. The third-order valence-corrected chi connectivity index (χ3v) is 4.74. The van der Waals surface area contributed by atoms with E-state index in [0.717, 1.165) is 6.92 Å². The Morgan fingerprint density at radius 2 is 2.18 bits per heavy atom. The molecule has 0 fully saturated rings. The Kier molecular flexibility index (Phi) is 2.17. The van der Waals surface area contributed by atoms with Gasteiger partial charge in [0, 0.05) is 0 Å². The van der Waals surface area contributed by atoms with Crippen molar-refractivity contribution in [2.24, 2.45) is 0 Å². The average Bonchev–Trinajstić information content (AvgIpc) is 2.11. The quantitative estimate of drug-likeness (QED) is 0.429. The van der Waals surface area contributed by atoms with Gasteiger partial charge in [-0.05, 0) is 0 Å². The number of alkyl halides is 3. The Morgan fingerprint density at radius 3 is 2.36 bits per heavy atom. The molecule has 0 amide bonds. The molecule has 0 aromatic rings. The normalized spacial score (nSPS) is 21.6. The molecule has 0 aliphatic carbocycles. The molecular formula is C6H9F2IN2. The van der Waals surface area contributed by atoms with Crippen LogP contribution in [-0.4, -0.2) is 14.6 Å². The van der Waals surface area contributed by atoms with Crippen LogP contribution in [0, 0.1) is 5.41 Å². The zero-order valence-corrected chi connectivity index (χ0v) is 8.37. The summed E-state index contributed by atoms with van der Waals surface area (Å²) in [7, 11) is 0. The van der Waals surface area contributed by atoms with E-state index in [9.17, 15) is 8.78 Å². The first kappa shape index (κ1) is 8.89. The van der Waals surface area contributed by atoms with Crippen LogP contribution in [-0.2, 0) is 0 Å². The molecule has 64 valence electrons. The van der Waals surface area contributed by atoms with E-state index in [1.807, 2.05) is 4.93 Å². The van der Waals surface area contributed by atoms with E-state index < -0.39 is 26.0 Å². The number of halogens is 3. The molecule has 0 saturated carbocycles. The third-order valence-electron chi connectivity index (χ3n) is 1.29. The second-order valence-corrected chi connectivity index (χ2v) is 6.76. The van der Waals surface area contributed by atoms with Crippen molar-refractivity contribution in [1.29, 1.82) is 5.41 Å². The van der Waals surface area contributed by atoms with Gasteiger partial charge >= 0.3 is 71.1 Å². The maximum absolute atomic E-state index is 12.6. The Bertz CT molecular complexity index is 219. The van der Waals surface area contributed by atoms with E-state index in [0.29, 0.717) is 3.72 Å². The van der Waals surface area contributed by atoms with Crippen LogP contribution < -0.4 is 3.53 Å². The van der Waals surface area contributed by atoms with E-state index in [4.69, 9.17) is 5.41 Å². The molecule has 0 aromatic carbocycles. The minimum absolute atomic E-state index is 0.0878. The SMILES string of the molecule is CI1NC(C(C)(F)F)=CC1=N. The molecule has 2 nitrogen and oxygen atoms in total. The third kappa shape index (κ3) is 1.88. The first-order valence-electron chi connectivity index (χ1n) is 2.96. The number of allylic oxidation sites excluding steroid dienone is 2. The van der Waals surface area contributed by atoms with Gasteiger partial charge in [0.2, 0.25) is 0 Å². The molecule has 5 heteroatoms. The number of hydrogen-bond acceptors (Lipinski definition) is 2. The average molecular weight is 274 g/mol. The number of rotatable bonds is 1. The summed E-state index contributed by atoms with van der Waals surface area (Å²) >= 11 is -1.70. The van der Waals surface area contributed by atoms with Crippen LogP contribution in [0.5, 0.6) is 0 Å². The van der Waals surface area contributed by atoms with Gasteiger partial charge in [-0.2, -0.15) is 0 Å². The zero-order chi connectivity index (χ0) is 8.65. The number of nitrogens with one attached hydrogen (secondary N) is 2. The van der Waals surface area contributed by atoms with Crippen molar-refractivity contribution >= 4 is 23.8 Å². The van der Waals surface area contributed by atoms with Gasteiger partial charge in [-0.25, -0.2) is 0 Å². The van der Waals surface area contributed by atoms with Gasteiger partial charge in [-0.3, -0.25) is 0 Å². The molecule has 0 saturated heterocycles. The van der Waals surface area contributed by atoms with Gasteiger partial charge in [-0.15, -0.1) is 0 Å².